The summed E-state index contributed by atoms with van der Waals surface area (Å²) in [6.07, 6.45) is 1.44. The number of nitrogens with zero attached hydrogens (tertiary/aromatic N) is 2. The van der Waals surface area contributed by atoms with Crippen molar-refractivity contribution < 1.29 is 5.32 Å². The monoisotopic (exact) mass is 168 g/mol. The third kappa shape index (κ3) is 0.873. The summed E-state index contributed by atoms with van der Waals surface area (Å²) in [6.45, 7) is 5.38. The number of rotatable bonds is 1. The zero-order chi connectivity index (χ0) is 8.13. The first-order valence-corrected chi connectivity index (χ1v) is 5.12. The summed E-state index contributed by atoms with van der Waals surface area (Å²) in [5.74, 6) is 0. The van der Waals surface area contributed by atoms with E-state index in [1.807, 2.05) is 0 Å². The third-order valence-corrected chi connectivity index (χ3v) is 3.90. The zero-order valence-corrected chi connectivity index (χ0v) is 7.74. The van der Waals surface area contributed by atoms with Crippen LogP contribution < -0.4 is 5.32 Å². The van der Waals surface area contributed by atoms with E-state index in [4.69, 9.17) is 0 Å². The Labute approximate surface area is 73.7 Å². The quantitative estimate of drug-likeness (QED) is 0.505. The van der Waals surface area contributed by atoms with Crippen LogP contribution in [0.3, 0.4) is 0 Å². The highest BCUT2D eigenvalue weighted by molar-refractivity contribution is 5.00. The van der Waals surface area contributed by atoms with Crippen LogP contribution in [0.4, 0.5) is 0 Å². The van der Waals surface area contributed by atoms with Crippen LogP contribution >= 0.6 is 0 Å². The molecule has 3 nitrogen and oxygen atoms in total. The van der Waals surface area contributed by atoms with Crippen LogP contribution in [0.2, 0.25) is 0 Å². The van der Waals surface area contributed by atoms with Gasteiger partial charge in [0.25, 0.3) is 0 Å². The molecule has 3 saturated heterocycles. The summed E-state index contributed by atoms with van der Waals surface area (Å²) >= 11 is 0. The van der Waals surface area contributed by atoms with Gasteiger partial charge in [-0.3, -0.25) is 4.90 Å². The molecule has 3 heteroatoms. The topological polar surface area (TPSA) is 23.1 Å². The lowest BCUT2D eigenvalue weighted by Gasteiger charge is -2.39. The van der Waals surface area contributed by atoms with E-state index in [1.54, 1.807) is 0 Å². The second kappa shape index (κ2) is 2.44. The SMILES string of the molecule is CN1C[C@H]2C[C@@H]1CN2C1C[NH2+]C1. The summed E-state index contributed by atoms with van der Waals surface area (Å²) in [6, 6.07) is 2.71. The molecule has 68 valence electrons. The molecule has 3 aliphatic rings. The minimum atomic E-state index is 0.885. The zero-order valence-electron chi connectivity index (χ0n) is 7.74. The lowest BCUT2D eigenvalue weighted by Crippen LogP contribution is -3.00. The predicted molar refractivity (Wildman–Crippen MR) is 47.0 cm³/mol. The van der Waals surface area contributed by atoms with Crippen molar-refractivity contribution in [3.8, 4) is 0 Å². The minimum absolute atomic E-state index is 0.885. The van der Waals surface area contributed by atoms with Gasteiger partial charge < -0.3 is 10.2 Å². The first kappa shape index (κ1) is 7.30. The molecule has 0 aliphatic carbocycles. The highest BCUT2D eigenvalue weighted by atomic mass is 15.4. The Morgan fingerprint density at radius 1 is 1.08 bits per heavy atom. The van der Waals surface area contributed by atoms with Crippen LogP contribution in [0.25, 0.3) is 0 Å². The van der Waals surface area contributed by atoms with Gasteiger partial charge in [0.05, 0.1) is 13.1 Å². The number of quaternary nitrogens is 1. The van der Waals surface area contributed by atoms with Crippen LogP contribution in [-0.2, 0) is 0 Å². The lowest BCUT2D eigenvalue weighted by atomic mass is 10.1. The molecule has 2 N–H and O–H groups in total. The Hall–Kier alpha value is -0.120. The maximum Gasteiger partial charge on any atom is 0.109 e. The average molecular weight is 168 g/mol. The Morgan fingerprint density at radius 2 is 1.92 bits per heavy atom. The van der Waals surface area contributed by atoms with E-state index in [0.29, 0.717) is 0 Å². The minimum Gasteiger partial charge on any atom is -0.343 e. The Morgan fingerprint density at radius 3 is 2.33 bits per heavy atom. The molecular weight excluding hydrogens is 150 g/mol. The number of likely N-dealkylation sites (tertiary alicyclic amines) is 2. The summed E-state index contributed by atoms with van der Waals surface area (Å²) in [4.78, 5) is 5.29. The van der Waals surface area contributed by atoms with Crippen molar-refractivity contribution in [1.82, 2.24) is 9.80 Å². The molecular formula is C9H18N3+. The van der Waals surface area contributed by atoms with Crippen molar-refractivity contribution in [1.29, 1.82) is 0 Å². The van der Waals surface area contributed by atoms with Crippen molar-refractivity contribution in [3.63, 3.8) is 0 Å². The van der Waals surface area contributed by atoms with Gasteiger partial charge in [0, 0.05) is 25.2 Å². The van der Waals surface area contributed by atoms with Gasteiger partial charge in [0.15, 0.2) is 0 Å². The molecule has 0 radical (unpaired) electrons. The van der Waals surface area contributed by atoms with Crippen LogP contribution in [0, 0.1) is 0 Å². The summed E-state index contributed by atoms with van der Waals surface area (Å²) in [5.41, 5.74) is 0. The fraction of sp³-hybridized carbons (Fsp3) is 1.00. The van der Waals surface area contributed by atoms with E-state index in [0.717, 1.165) is 18.1 Å². The number of likely N-dealkylation sites (N-methyl/N-ethyl adjacent to an activating group) is 1. The van der Waals surface area contributed by atoms with Gasteiger partial charge in [-0.2, -0.15) is 0 Å². The van der Waals surface area contributed by atoms with Crippen molar-refractivity contribution >= 4 is 0 Å². The number of nitrogens with two attached hydrogens (primary N) is 1. The van der Waals surface area contributed by atoms with Gasteiger partial charge in [-0.05, 0) is 13.5 Å². The van der Waals surface area contributed by atoms with E-state index in [1.165, 1.54) is 32.6 Å². The molecule has 0 unspecified atom stereocenters. The maximum atomic E-state index is 2.75. The first-order chi connectivity index (χ1) is 5.84. The lowest BCUT2D eigenvalue weighted by molar-refractivity contribution is -0.717. The van der Waals surface area contributed by atoms with E-state index >= 15 is 0 Å². The highest BCUT2D eigenvalue weighted by Gasteiger charge is 2.46. The largest absolute Gasteiger partial charge is 0.343 e. The normalized spacial score (nSPS) is 43.8. The van der Waals surface area contributed by atoms with Gasteiger partial charge in [-0.1, -0.05) is 0 Å². The van der Waals surface area contributed by atoms with E-state index in [-0.39, 0.29) is 0 Å². The second-order valence-electron chi connectivity index (χ2n) is 4.59. The summed E-state index contributed by atoms with van der Waals surface area (Å²) in [5, 5.41) is 2.42. The Bertz CT molecular complexity index is 188. The molecule has 2 bridgehead atoms. The molecule has 3 fully saturated rings. The van der Waals surface area contributed by atoms with Crippen LogP contribution in [-0.4, -0.2) is 61.2 Å². The van der Waals surface area contributed by atoms with Crippen molar-refractivity contribution in [2.24, 2.45) is 0 Å². The Kier molecular flexibility index (Phi) is 1.48. The van der Waals surface area contributed by atoms with Gasteiger partial charge in [0.1, 0.15) is 6.04 Å². The van der Waals surface area contributed by atoms with Crippen molar-refractivity contribution in [3.05, 3.63) is 0 Å². The molecule has 0 aromatic heterocycles. The third-order valence-electron chi connectivity index (χ3n) is 3.90. The smallest absolute Gasteiger partial charge is 0.109 e. The summed E-state index contributed by atoms with van der Waals surface area (Å²) in [7, 11) is 2.27. The molecule has 0 spiro atoms. The molecule has 0 saturated carbocycles. The average Bonchev–Trinajstić information content (AvgIpc) is 2.42. The van der Waals surface area contributed by atoms with Crippen LogP contribution in [0.15, 0.2) is 0 Å². The number of hydrogen-bond donors (Lipinski definition) is 1. The number of fused-ring (bicyclic) bond motifs is 2. The van der Waals surface area contributed by atoms with Gasteiger partial charge in [-0.15, -0.1) is 0 Å². The van der Waals surface area contributed by atoms with Crippen molar-refractivity contribution in [2.75, 3.05) is 33.2 Å². The highest BCUT2D eigenvalue weighted by Crippen LogP contribution is 2.30. The maximum absolute atomic E-state index is 2.75. The second-order valence-corrected chi connectivity index (χ2v) is 4.59. The fourth-order valence-electron chi connectivity index (χ4n) is 2.93. The summed E-state index contributed by atoms with van der Waals surface area (Å²) < 4.78 is 0. The fourth-order valence-corrected chi connectivity index (χ4v) is 2.93. The molecule has 2 atom stereocenters. The van der Waals surface area contributed by atoms with Gasteiger partial charge in [-0.25, -0.2) is 0 Å². The molecule has 0 amide bonds. The molecule has 0 aromatic carbocycles. The van der Waals surface area contributed by atoms with E-state index in [9.17, 15) is 0 Å². The first-order valence-electron chi connectivity index (χ1n) is 5.12. The van der Waals surface area contributed by atoms with E-state index < -0.39 is 0 Å². The van der Waals surface area contributed by atoms with E-state index in [2.05, 4.69) is 22.2 Å². The standard InChI is InChI=1S/C9H17N3/c1-11-5-8-2-7(11)6-12(8)9-3-10-4-9/h7-10H,2-6H2,1H3/p+1/t7-,8-/m1/s1. The van der Waals surface area contributed by atoms with Gasteiger partial charge >= 0.3 is 0 Å². The van der Waals surface area contributed by atoms with Crippen molar-refractivity contribution in [2.45, 2.75) is 24.5 Å². The molecule has 3 heterocycles. The predicted octanol–water partition coefficient (Wildman–Crippen LogP) is -1.68. The molecule has 3 rings (SSSR count). The Balaban J connectivity index is 1.69. The van der Waals surface area contributed by atoms with Crippen LogP contribution in [0.5, 0.6) is 0 Å². The van der Waals surface area contributed by atoms with Gasteiger partial charge in [0.2, 0.25) is 0 Å². The molecule has 0 aromatic rings. The van der Waals surface area contributed by atoms with Crippen LogP contribution in [0.1, 0.15) is 6.42 Å². The molecule has 12 heavy (non-hydrogen) atoms. The number of piperazine rings is 1. The number of hydrogen-bond acceptors (Lipinski definition) is 2. The molecule has 3 aliphatic heterocycles.